The Labute approximate surface area is 164 Å². The average Bonchev–Trinajstić information content (AvgIpc) is 2.70. The van der Waals surface area contributed by atoms with Crippen molar-refractivity contribution in [2.24, 2.45) is 0 Å². The van der Waals surface area contributed by atoms with Crippen molar-refractivity contribution in [3.63, 3.8) is 0 Å². The first-order valence-electron chi connectivity index (χ1n) is 8.44. The molecule has 0 saturated carbocycles. The Hall–Kier alpha value is -3.31. The molecule has 0 atom stereocenters. The van der Waals surface area contributed by atoms with Crippen LogP contribution in [-0.2, 0) is 0 Å². The largest absolute Gasteiger partial charge is 0.268 e. The summed E-state index contributed by atoms with van der Waals surface area (Å²) in [6, 6.07) is 17.4. The van der Waals surface area contributed by atoms with Crippen LogP contribution in [0, 0.1) is 11.6 Å². The van der Waals surface area contributed by atoms with Gasteiger partial charge in [-0.3, -0.25) is 9.36 Å². The van der Waals surface area contributed by atoms with Gasteiger partial charge in [0.25, 0.3) is 5.56 Å². The third-order valence-corrected chi connectivity index (χ3v) is 4.51. The minimum Gasteiger partial charge on any atom is -0.268 e. The number of para-hydroxylation sites is 1. The molecule has 138 valence electrons. The van der Waals surface area contributed by atoms with E-state index in [0.717, 1.165) is 12.1 Å². The molecule has 4 aromatic rings. The van der Waals surface area contributed by atoms with Gasteiger partial charge in [-0.25, -0.2) is 13.8 Å². The van der Waals surface area contributed by atoms with Gasteiger partial charge in [0.1, 0.15) is 5.82 Å². The summed E-state index contributed by atoms with van der Waals surface area (Å²) in [5.74, 6) is -1.50. The highest BCUT2D eigenvalue weighted by molar-refractivity contribution is 6.30. The number of nitrogens with zero attached hydrogens (tertiary/aromatic N) is 2. The number of hydrogen-bond donors (Lipinski definition) is 0. The Morgan fingerprint density at radius 1 is 0.893 bits per heavy atom. The Morgan fingerprint density at radius 2 is 1.64 bits per heavy atom. The molecule has 1 aromatic heterocycles. The van der Waals surface area contributed by atoms with Crippen molar-refractivity contribution >= 4 is 34.7 Å². The molecule has 0 unspecified atom stereocenters. The standard InChI is InChI=1S/C22H13ClF2N2O/c23-15-7-9-16(10-8-15)27-21(12-6-14-5-11-18(24)19(25)13-14)26-20-4-2-1-3-17(20)22(27)28/h1-13H. The quantitative estimate of drug-likeness (QED) is 0.460. The third-order valence-electron chi connectivity index (χ3n) is 4.25. The van der Waals surface area contributed by atoms with E-state index in [-0.39, 0.29) is 5.56 Å². The number of aromatic nitrogens is 2. The number of hydrogen-bond acceptors (Lipinski definition) is 2. The molecule has 4 rings (SSSR count). The molecule has 0 N–H and O–H groups in total. The first-order chi connectivity index (χ1) is 13.5. The van der Waals surface area contributed by atoms with E-state index >= 15 is 0 Å². The summed E-state index contributed by atoms with van der Waals surface area (Å²) in [4.78, 5) is 17.7. The number of halogens is 3. The van der Waals surface area contributed by atoms with Gasteiger partial charge in [0.2, 0.25) is 0 Å². The predicted molar refractivity (Wildman–Crippen MR) is 108 cm³/mol. The molecule has 1 heterocycles. The summed E-state index contributed by atoms with van der Waals surface area (Å²) in [5, 5.41) is 1.02. The molecule has 0 saturated heterocycles. The van der Waals surface area contributed by atoms with Crippen LogP contribution in [0.3, 0.4) is 0 Å². The minimum atomic E-state index is -0.941. The van der Waals surface area contributed by atoms with E-state index in [9.17, 15) is 13.6 Å². The summed E-state index contributed by atoms with van der Waals surface area (Å²) >= 11 is 5.96. The first kappa shape index (κ1) is 18.1. The van der Waals surface area contributed by atoms with Crippen molar-refractivity contribution in [1.82, 2.24) is 9.55 Å². The summed E-state index contributed by atoms with van der Waals surface area (Å²) in [5.41, 5.74) is 1.35. The van der Waals surface area contributed by atoms with Crippen molar-refractivity contribution in [2.75, 3.05) is 0 Å². The van der Waals surface area contributed by atoms with Gasteiger partial charge >= 0.3 is 0 Å². The van der Waals surface area contributed by atoms with E-state index in [1.807, 2.05) is 0 Å². The van der Waals surface area contributed by atoms with Gasteiger partial charge < -0.3 is 0 Å². The van der Waals surface area contributed by atoms with Gasteiger partial charge in [-0.1, -0.05) is 35.9 Å². The van der Waals surface area contributed by atoms with Gasteiger partial charge in [-0.2, -0.15) is 0 Å². The normalized spacial score (nSPS) is 11.4. The van der Waals surface area contributed by atoms with Crippen LogP contribution in [0.15, 0.2) is 71.5 Å². The summed E-state index contributed by atoms with van der Waals surface area (Å²) < 4.78 is 28.1. The van der Waals surface area contributed by atoms with Crippen LogP contribution in [-0.4, -0.2) is 9.55 Å². The highest BCUT2D eigenvalue weighted by Crippen LogP contribution is 2.18. The van der Waals surface area contributed by atoms with Gasteiger partial charge in [-0.15, -0.1) is 0 Å². The highest BCUT2D eigenvalue weighted by Gasteiger charge is 2.11. The topological polar surface area (TPSA) is 34.9 Å². The molecule has 28 heavy (non-hydrogen) atoms. The lowest BCUT2D eigenvalue weighted by Crippen LogP contribution is -2.22. The fraction of sp³-hybridized carbons (Fsp3) is 0. The average molecular weight is 395 g/mol. The Kier molecular flexibility index (Phi) is 4.75. The predicted octanol–water partition coefficient (Wildman–Crippen LogP) is 5.49. The van der Waals surface area contributed by atoms with Crippen molar-refractivity contribution in [1.29, 1.82) is 0 Å². The SMILES string of the molecule is O=c1c2ccccc2nc(C=Cc2ccc(F)c(F)c2)n1-c1ccc(Cl)cc1. The van der Waals surface area contributed by atoms with Crippen molar-refractivity contribution in [3.8, 4) is 5.69 Å². The van der Waals surface area contributed by atoms with Gasteiger partial charge in [-0.05, 0) is 60.2 Å². The molecule has 0 spiro atoms. The summed E-state index contributed by atoms with van der Waals surface area (Å²) in [6.07, 6.45) is 3.17. The van der Waals surface area contributed by atoms with Crippen LogP contribution in [0.5, 0.6) is 0 Å². The number of benzene rings is 3. The number of fused-ring (bicyclic) bond motifs is 1. The lowest BCUT2D eigenvalue weighted by atomic mass is 10.2. The van der Waals surface area contributed by atoms with E-state index < -0.39 is 11.6 Å². The van der Waals surface area contributed by atoms with Crippen molar-refractivity contribution in [2.45, 2.75) is 0 Å². The second kappa shape index (κ2) is 7.37. The van der Waals surface area contributed by atoms with Gasteiger partial charge in [0.15, 0.2) is 11.6 Å². The maximum absolute atomic E-state index is 13.5. The van der Waals surface area contributed by atoms with Crippen molar-refractivity contribution in [3.05, 3.63) is 105 Å². The molecule has 0 aliphatic carbocycles. The zero-order valence-electron chi connectivity index (χ0n) is 14.4. The minimum absolute atomic E-state index is 0.238. The smallest absolute Gasteiger partial charge is 0.266 e. The summed E-state index contributed by atoms with van der Waals surface area (Å²) in [7, 11) is 0. The van der Waals surface area contributed by atoms with Gasteiger partial charge in [0.05, 0.1) is 16.6 Å². The van der Waals surface area contributed by atoms with Crippen LogP contribution in [0.1, 0.15) is 11.4 Å². The molecule has 0 radical (unpaired) electrons. The van der Waals surface area contributed by atoms with E-state index in [1.54, 1.807) is 60.7 Å². The maximum Gasteiger partial charge on any atom is 0.266 e. The Bertz CT molecular complexity index is 1260. The van der Waals surface area contributed by atoms with Crippen LogP contribution in [0.4, 0.5) is 8.78 Å². The summed E-state index contributed by atoms with van der Waals surface area (Å²) in [6.45, 7) is 0. The van der Waals surface area contributed by atoms with Crippen LogP contribution in [0.25, 0.3) is 28.7 Å². The molecule has 0 bridgehead atoms. The molecule has 0 aliphatic heterocycles. The lowest BCUT2D eigenvalue weighted by Gasteiger charge is -2.11. The van der Waals surface area contributed by atoms with Crippen molar-refractivity contribution < 1.29 is 8.78 Å². The zero-order chi connectivity index (χ0) is 19.7. The van der Waals surface area contributed by atoms with E-state index in [1.165, 1.54) is 10.6 Å². The zero-order valence-corrected chi connectivity index (χ0v) is 15.2. The van der Waals surface area contributed by atoms with E-state index in [2.05, 4.69) is 4.98 Å². The second-order valence-electron chi connectivity index (χ2n) is 6.11. The van der Waals surface area contributed by atoms with Crippen LogP contribution in [0.2, 0.25) is 5.02 Å². The Balaban J connectivity index is 1.91. The molecule has 6 heteroatoms. The van der Waals surface area contributed by atoms with E-state index in [4.69, 9.17) is 11.6 Å². The fourth-order valence-corrected chi connectivity index (χ4v) is 3.01. The molecule has 0 aliphatic rings. The van der Waals surface area contributed by atoms with Crippen LogP contribution >= 0.6 is 11.6 Å². The molecule has 0 fully saturated rings. The number of rotatable bonds is 3. The first-order valence-corrected chi connectivity index (χ1v) is 8.81. The van der Waals surface area contributed by atoms with E-state index in [0.29, 0.717) is 33.0 Å². The molecule has 3 nitrogen and oxygen atoms in total. The second-order valence-corrected chi connectivity index (χ2v) is 6.55. The highest BCUT2D eigenvalue weighted by atomic mass is 35.5. The fourth-order valence-electron chi connectivity index (χ4n) is 2.89. The Morgan fingerprint density at radius 3 is 2.39 bits per heavy atom. The van der Waals surface area contributed by atoms with Crippen LogP contribution < -0.4 is 5.56 Å². The molecular weight excluding hydrogens is 382 g/mol. The van der Waals surface area contributed by atoms with Gasteiger partial charge in [0, 0.05) is 5.02 Å². The maximum atomic E-state index is 13.5. The molecular formula is C22H13ClF2N2O. The molecule has 3 aromatic carbocycles. The monoisotopic (exact) mass is 394 g/mol. The third kappa shape index (κ3) is 3.44. The lowest BCUT2D eigenvalue weighted by molar-refractivity contribution is 0.508. The molecule has 0 amide bonds.